The summed E-state index contributed by atoms with van der Waals surface area (Å²) in [6.07, 6.45) is -4.50. The Bertz CT molecular complexity index is 1090. The number of H-pyrrole nitrogens is 1. The number of hydrogen-bond donors (Lipinski definition) is 4. The summed E-state index contributed by atoms with van der Waals surface area (Å²) in [5, 5.41) is 15.8. The molecule has 2 amide bonds. The highest BCUT2D eigenvalue weighted by molar-refractivity contribution is 5.96. The first-order valence-corrected chi connectivity index (χ1v) is 9.98. The first kappa shape index (κ1) is 24.0. The van der Waals surface area contributed by atoms with Gasteiger partial charge in [0, 0.05) is 25.7 Å². The minimum atomic E-state index is -5.08. The summed E-state index contributed by atoms with van der Waals surface area (Å²) >= 11 is 0. The SMILES string of the molecule is Cc1ccc(-n2[nH]c(C(=O)NC3CCN(C4CNC4)C3=O)cc2=O)cc1.O=C(O)C(F)(F)F. The van der Waals surface area contributed by atoms with Crippen molar-refractivity contribution in [3.63, 3.8) is 0 Å². The average molecular weight is 469 g/mol. The fourth-order valence-electron chi connectivity index (χ4n) is 3.33. The van der Waals surface area contributed by atoms with Crippen molar-refractivity contribution in [2.24, 2.45) is 0 Å². The number of nitrogens with one attached hydrogen (secondary N) is 3. The number of aliphatic carboxylic acids is 1. The number of aromatic nitrogens is 2. The van der Waals surface area contributed by atoms with Gasteiger partial charge in [-0.25, -0.2) is 9.48 Å². The van der Waals surface area contributed by atoms with E-state index < -0.39 is 24.1 Å². The molecular weight excluding hydrogens is 447 g/mol. The van der Waals surface area contributed by atoms with Crippen molar-refractivity contribution in [3.05, 3.63) is 51.9 Å². The highest BCUT2D eigenvalue weighted by Gasteiger charge is 2.39. The van der Waals surface area contributed by atoms with Crippen LogP contribution in [0.2, 0.25) is 0 Å². The average Bonchev–Trinajstić information content (AvgIpc) is 3.25. The molecule has 10 nitrogen and oxygen atoms in total. The van der Waals surface area contributed by atoms with E-state index in [2.05, 4.69) is 15.7 Å². The molecule has 2 fully saturated rings. The molecule has 2 aliphatic heterocycles. The molecule has 13 heteroatoms. The lowest BCUT2D eigenvalue weighted by Crippen LogP contribution is -2.58. The zero-order valence-corrected chi connectivity index (χ0v) is 17.5. The molecule has 0 aliphatic carbocycles. The molecule has 4 N–H and O–H groups in total. The number of alkyl halides is 3. The van der Waals surface area contributed by atoms with E-state index in [1.165, 1.54) is 10.7 Å². The van der Waals surface area contributed by atoms with Crippen LogP contribution in [0.4, 0.5) is 13.2 Å². The molecular formula is C20H22F3N5O5. The van der Waals surface area contributed by atoms with Crippen LogP contribution < -0.4 is 16.2 Å². The zero-order chi connectivity index (χ0) is 24.3. The number of carboxylic acid groups (broad SMARTS) is 1. The van der Waals surface area contributed by atoms with E-state index >= 15 is 0 Å². The van der Waals surface area contributed by atoms with Gasteiger partial charge in [0.15, 0.2) is 0 Å². The van der Waals surface area contributed by atoms with Gasteiger partial charge in [0.2, 0.25) is 5.91 Å². The number of carboxylic acids is 1. The summed E-state index contributed by atoms with van der Waals surface area (Å²) in [7, 11) is 0. The van der Waals surface area contributed by atoms with Crippen LogP contribution in [0.3, 0.4) is 0 Å². The van der Waals surface area contributed by atoms with Crippen LogP contribution in [0.1, 0.15) is 22.5 Å². The van der Waals surface area contributed by atoms with Gasteiger partial charge in [-0.05, 0) is 25.5 Å². The van der Waals surface area contributed by atoms with Gasteiger partial charge in [-0.15, -0.1) is 0 Å². The van der Waals surface area contributed by atoms with Gasteiger partial charge in [-0.1, -0.05) is 17.7 Å². The van der Waals surface area contributed by atoms with Crippen molar-refractivity contribution in [2.75, 3.05) is 19.6 Å². The number of hydrogen-bond acceptors (Lipinski definition) is 5. The Hall–Kier alpha value is -3.61. The van der Waals surface area contributed by atoms with Gasteiger partial charge in [0.05, 0.1) is 11.7 Å². The maximum atomic E-state index is 12.5. The first-order chi connectivity index (χ1) is 15.5. The monoisotopic (exact) mass is 469 g/mol. The Kier molecular flexibility index (Phi) is 6.91. The summed E-state index contributed by atoms with van der Waals surface area (Å²) in [4.78, 5) is 47.8. The number of nitrogens with zero attached hydrogens (tertiary/aromatic N) is 2. The molecule has 2 aliphatic rings. The normalized spacial score (nSPS) is 18.4. The van der Waals surface area contributed by atoms with Gasteiger partial charge in [-0.3, -0.25) is 19.5 Å². The number of rotatable bonds is 4. The molecule has 2 saturated heterocycles. The van der Waals surface area contributed by atoms with Crippen LogP contribution >= 0.6 is 0 Å². The third-order valence-corrected chi connectivity index (χ3v) is 5.25. The van der Waals surface area contributed by atoms with Crippen LogP contribution in [-0.4, -0.2) is 75.5 Å². The van der Waals surface area contributed by atoms with Crippen molar-refractivity contribution >= 4 is 17.8 Å². The summed E-state index contributed by atoms with van der Waals surface area (Å²) in [5.74, 6) is -3.25. The molecule has 0 bridgehead atoms. The fraction of sp³-hybridized carbons (Fsp3) is 0.400. The molecule has 1 atom stereocenters. The number of amides is 2. The molecule has 0 saturated carbocycles. The summed E-state index contributed by atoms with van der Waals surface area (Å²) in [5.41, 5.74) is 1.56. The smallest absolute Gasteiger partial charge is 0.475 e. The van der Waals surface area contributed by atoms with Crippen LogP contribution in [0.25, 0.3) is 5.69 Å². The lowest BCUT2D eigenvalue weighted by atomic mass is 10.1. The van der Waals surface area contributed by atoms with E-state index in [1.54, 1.807) is 12.1 Å². The van der Waals surface area contributed by atoms with E-state index in [-0.39, 0.29) is 23.2 Å². The molecule has 0 spiro atoms. The Morgan fingerprint density at radius 1 is 1.15 bits per heavy atom. The van der Waals surface area contributed by atoms with Crippen LogP contribution in [0.5, 0.6) is 0 Å². The second-order valence-electron chi connectivity index (χ2n) is 7.64. The van der Waals surface area contributed by atoms with Gasteiger partial charge >= 0.3 is 12.1 Å². The summed E-state index contributed by atoms with van der Waals surface area (Å²) < 4.78 is 33.1. The lowest BCUT2D eigenvalue weighted by molar-refractivity contribution is -0.192. The van der Waals surface area contributed by atoms with E-state index in [4.69, 9.17) is 9.90 Å². The summed E-state index contributed by atoms with van der Waals surface area (Å²) in [6.45, 7) is 4.22. The zero-order valence-electron chi connectivity index (χ0n) is 17.5. The van der Waals surface area contributed by atoms with Gasteiger partial charge in [-0.2, -0.15) is 13.2 Å². The van der Waals surface area contributed by atoms with Gasteiger partial charge in [0.1, 0.15) is 11.7 Å². The third-order valence-electron chi connectivity index (χ3n) is 5.25. The van der Waals surface area contributed by atoms with Gasteiger partial charge in [0.25, 0.3) is 11.5 Å². The predicted molar refractivity (Wildman–Crippen MR) is 109 cm³/mol. The highest BCUT2D eigenvalue weighted by Crippen LogP contribution is 2.17. The van der Waals surface area contributed by atoms with E-state index in [1.807, 2.05) is 24.0 Å². The maximum absolute atomic E-state index is 12.5. The highest BCUT2D eigenvalue weighted by atomic mass is 19.4. The second-order valence-corrected chi connectivity index (χ2v) is 7.64. The maximum Gasteiger partial charge on any atom is 0.490 e. The standard InChI is InChI=1S/C18H21N5O3.C2HF3O2/c1-11-2-4-12(5-3-11)23-16(24)8-15(21-23)17(25)20-14-6-7-22(18(14)26)13-9-19-10-13;3-2(4,5)1(6)7/h2-5,8,13-14,19,21H,6-7,9-10H2,1H3,(H,20,25);(H,6,7). The Morgan fingerprint density at radius 3 is 2.27 bits per heavy atom. The predicted octanol–water partition coefficient (Wildman–Crippen LogP) is 0.410. The summed E-state index contributed by atoms with van der Waals surface area (Å²) in [6, 6.07) is 8.34. The van der Waals surface area contributed by atoms with Crippen LogP contribution in [0.15, 0.2) is 35.1 Å². The molecule has 1 unspecified atom stereocenters. The van der Waals surface area contributed by atoms with Crippen molar-refractivity contribution in [3.8, 4) is 5.69 Å². The first-order valence-electron chi connectivity index (χ1n) is 9.98. The minimum absolute atomic E-state index is 0.0508. The van der Waals surface area contributed by atoms with Crippen LogP contribution in [-0.2, 0) is 9.59 Å². The Balaban J connectivity index is 0.000000383. The van der Waals surface area contributed by atoms with Crippen molar-refractivity contribution in [2.45, 2.75) is 31.6 Å². The molecule has 2 aromatic rings. The molecule has 4 rings (SSSR count). The van der Waals surface area contributed by atoms with Crippen molar-refractivity contribution < 1.29 is 32.7 Å². The van der Waals surface area contributed by atoms with E-state index in [0.29, 0.717) is 18.7 Å². The number of carbonyl (C=O) groups is 3. The fourth-order valence-corrected chi connectivity index (χ4v) is 3.33. The Morgan fingerprint density at radius 2 is 1.76 bits per heavy atom. The lowest BCUT2D eigenvalue weighted by Gasteiger charge is -2.35. The number of aromatic amines is 1. The van der Waals surface area contributed by atoms with Crippen molar-refractivity contribution in [1.29, 1.82) is 0 Å². The van der Waals surface area contributed by atoms with E-state index in [9.17, 15) is 27.6 Å². The van der Waals surface area contributed by atoms with E-state index in [0.717, 1.165) is 18.7 Å². The number of halogens is 3. The molecule has 178 valence electrons. The largest absolute Gasteiger partial charge is 0.490 e. The number of carbonyl (C=O) groups excluding carboxylic acids is 2. The quantitative estimate of drug-likeness (QED) is 0.512. The topological polar surface area (TPSA) is 137 Å². The number of benzene rings is 1. The van der Waals surface area contributed by atoms with Crippen molar-refractivity contribution in [1.82, 2.24) is 25.3 Å². The molecule has 1 aromatic heterocycles. The minimum Gasteiger partial charge on any atom is -0.475 e. The molecule has 33 heavy (non-hydrogen) atoms. The molecule has 3 heterocycles. The molecule has 1 aromatic carbocycles. The number of aryl methyl sites for hydroxylation is 1. The van der Waals surface area contributed by atoms with Crippen LogP contribution in [0, 0.1) is 6.92 Å². The Labute approximate surface area is 185 Å². The molecule has 0 radical (unpaired) electrons. The van der Waals surface area contributed by atoms with Gasteiger partial charge < -0.3 is 20.6 Å². The second kappa shape index (κ2) is 9.48. The third kappa shape index (κ3) is 5.61. The number of likely N-dealkylation sites (tertiary alicyclic amines) is 1.